The van der Waals surface area contributed by atoms with E-state index >= 15 is 0 Å². The molecule has 2 aromatic carbocycles. The second kappa shape index (κ2) is 4.61. The molecule has 0 saturated carbocycles. The highest BCUT2D eigenvalue weighted by molar-refractivity contribution is 5.51. The first-order chi connectivity index (χ1) is 9.56. The lowest BCUT2D eigenvalue weighted by molar-refractivity contribution is 0.0693. The second-order valence-corrected chi connectivity index (χ2v) is 4.79. The third-order valence-electron chi connectivity index (χ3n) is 3.48. The van der Waals surface area contributed by atoms with Crippen LogP contribution >= 0.6 is 0 Å². The van der Waals surface area contributed by atoms with Gasteiger partial charge in [-0.15, -0.1) is 0 Å². The maximum Gasteiger partial charge on any atom is 0.157 e. The summed E-state index contributed by atoms with van der Waals surface area (Å²) in [4.78, 5) is 0. The molecule has 1 aliphatic heterocycles. The molecule has 0 amide bonds. The third-order valence-corrected chi connectivity index (χ3v) is 3.48. The van der Waals surface area contributed by atoms with Gasteiger partial charge in [0.2, 0.25) is 0 Å². The van der Waals surface area contributed by atoms with Crippen LogP contribution in [0, 0.1) is 0 Å². The fraction of sp³-hybridized carbons (Fsp3) is 0.200. The molecule has 3 rings (SSSR count). The molecule has 5 heteroatoms. The van der Waals surface area contributed by atoms with Crippen molar-refractivity contribution in [2.75, 3.05) is 6.61 Å². The van der Waals surface area contributed by atoms with E-state index in [1.807, 2.05) is 0 Å². The Hall–Kier alpha value is -2.40. The zero-order chi connectivity index (χ0) is 14.3. The van der Waals surface area contributed by atoms with Crippen molar-refractivity contribution in [3.8, 4) is 23.0 Å². The second-order valence-electron chi connectivity index (χ2n) is 4.79. The monoisotopic (exact) mass is 274 g/mol. The van der Waals surface area contributed by atoms with Crippen LogP contribution in [0.3, 0.4) is 0 Å². The van der Waals surface area contributed by atoms with E-state index in [1.54, 1.807) is 6.07 Å². The zero-order valence-electron chi connectivity index (χ0n) is 10.6. The van der Waals surface area contributed by atoms with Crippen molar-refractivity contribution in [2.24, 2.45) is 0 Å². The van der Waals surface area contributed by atoms with Gasteiger partial charge >= 0.3 is 0 Å². The normalized spacial score (nSPS) is 17.7. The summed E-state index contributed by atoms with van der Waals surface area (Å²) in [6.45, 7) is 0.476. The van der Waals surface area contributed by atoms with Gasteiger partial charge in [0.1, 0.15) is 6.10 Å². The lowest BCUT2D eigenvalue weighted by Crippen LogP contribution is -2.17. The van der Waals surface area contributed by atoms with E-state index in [4.69, 9.17) is 4.74 Å². The van der Waals surface area contributed by atoms with Gasteiger partial charge in [0.15, 0.2) is 23.0 Å². The standard InChI is InChI=1S/C15H14O5/c16-11-2-1-9(6-12(11)17)15-10-7-14(19)13(18)5-8(10)3-4-20-15/h1-2,5-7,15-19H,3-4H2/t15-/m1/s1. The Morgan fingerprint density at radius 2 is 1.55 bits per heavy atom. The van der Waals surface area contributed by atoms with Crippen LogP contribution in [0.15, 0.2) is 30.3 Å². The van der Waals surface area contributed by atoms with Crippen molar-refractivity contribution in [3.63, 3.8) is 0 Å². The van der Waals surface area contributed by atoms with Crippen molar-refractivity contribution in [1.82, 2.24) is 0 Å². The quantitative estimate of drug-likeness (QED) is 0.598. The SMILES string of the molecule is Oc1ccc([C@H]2OCCc3cc(O)c(O)cc32)cc1O. The van der Waals surface area contributed by atoms with Gasteiger partial charge in [-0.2, -0.15) is 0 Å². The molecule has 1 heterocycles. The first kappa shape index (κ1) is 12.6. The fourth-order valence-corrected chi connectivity index (χ4v) is 2.45. The lowest BCUT2D eigenvalue weighted by Gasteiger charge is -2.27. The highest BCUT2D eigenvalue weighted by Gasteiger charge is 2.25. The van der Waals surface area contributed by atoms with Crippen LogP contribution in [0.5, 0.6) is 23.0 Å². The summed E-state index contributed by atoms with van der Waals surface area (Å²) in [6, 6.07) is 7.47. The Morgan fingerprint density at radius 1 is 0.850 bits per heavy atom. The van der Waals surface area contributed by atoms with Crippen LogP contribution in [0.2, 0.25) is 0 Å². The molecule has 104 valence electrons. The van der Waals surface area contributed by atoms with Crippen LogP contribution < -0.4 is 0 Å². The van der Waals surface area contributed by atoms with Gasteiger partial charge in [-0.1, -0.05) is 6.07 Å². The Balaban J connectivity index is 2.09. The van der Waals surface area contributed by atoms with Crippen LogP contribution in [0.1, 0.15) is 22.8 Å². The maximum atomic E-state index is 9.64. The smallest absolute Gasteiger partial charge is 0.157 e. The molecular weight excluding hydrogens is 260 g/mol. The van der Waals surface area contributed by atoms with Crippen molar-refractivity contribution in [1.29, 1.82) is 0 Å². The molecule has 4 N–H and O–H groups in total. The van der Waals surface area contributed by atoms with Crippen molar-refractivity contribution >= 4 is 0 Å². The number of hydrogen-bond donors (Lipinski definition) is 4. The van der Waals surface area contributed by atoms with Crippen LogP contribution in [0.25, 0.3) is 0 Å². The Morgan fingerprint density at radius 3 is 2.30 bits per heavy atom. The molecular formula is C15H14O5. The summed E-state index contributed by atoms with van der Waals surface area (Å²) in [6.07, 6.45) is 0.195. The molecule has 1 aliphatic rings. The van der Waals surface area contributed by atoms with E-state index in [-0.39, 0.29) is 23.0 Å². The minimum atomic E-state index is -0.447. The van der Waals surface area contributed by atoms with Gasteiger partial charge in [-0.25, -0.2) is 0 Å². The molecule has 5 nitrogen and oxygen atoms in total. The van der Waals surface area contributed by atoms with Crippen LogP contribution in [-0.4, -0.2) is 27.0 Å². The number of phenols is 4. The van der Waals surface area contributed by atoms with E-state index in [9.17, 15) is 20.4 Å². The Bertz CT molecular complexity index is 666. The van der Waals surface area contributed by atoms with Crippen molar-refractivity contribution < 1.29 is 25.2 Å². The molecule has 1 atom stereocenters. The van der Waals surface area contributed by atoms with E-state index in [1.165, 1.54) is 24.3 Å². The molecule has 20 heavy (non-hydrogen) atoms. The number of fused-ring (bicyclic) bond motifs is 1. The molecule has 0 aliphatic carbocycles. The van der Waals surface area contributed by atoms with Crippen molar-refractivity contribution in [2.45, 2.75) is 12.5 Å². The van der Waals surface area contributed by atoms with E-state index in [0.29, 0.717) is 18.6 Å². The van der Waals surface area contributed by atoms with E-state index in [0.717, 1.165) is 11.1 Å². The fourth-order valence-electron chi connectivity index (χ4n) is 2.45. The van der Waals surface area contributed by atoms with Crippen molar-refractivity contribution in [3.05, 3.63) is 47.0 Å². The number of phenolic OH excluding ortho intramolecular Hbond substituents is 4. The Kier molecular flexibility index (Phi) is 2.91. The third kappa shape index (κ3) is 2.02. The topological polar surface area (TPSA) is 90.2 Å². The summed E-state index contributed by atoms with van der Waals surface area (Å²) < 4.78 is 5.69. The summed E-state index contributed by atoms with van der Waals surface area (Å²) >= 11 is 0. The zero-order valence-corrected chi connectivity index (χ0v) is 10.6. The number of benzene rings is 2. The number of ether oxygens (including phenoxy) is 1. The first-order valence-corrected chi connectivity index (χ1v) is 6.24. The van der Waals surface area contributed by atoms with Gasteiger partial charge in [0.05, 0.1) is 6.61 Å². The molecule has 0 unspecified atom stereocenters. The molecule has 0 radical (unpaired) electrons. The molecule has 0 aromatic heterocycles. The first-order valence-electron chi connectivity index (χ1n) is 6.24. The molecule has 2 aromatic rings. The maximum absolute atomic E-state index is 9.64. The highest BCUT2D eigenvalue weighted by Crippen LogP contribution is 2.40. The Labute approximate surface area is 115 Å². The lowest BCUT2D eigenvalue weighted by atomic mass is 9.92. The van der Waals surface area contributed by atoms with Crippen LogP contribution in [0.4, 0.5) is 0 Å². The van der Waals surface area contributed by atoms with Gasteiger partial charge in [-0.05, 0) is 47.4 Å². The highest BCUT2D eigenvalue weighted by atomic mass is 16.5. The minimum absolute atomic E-state index is 0.155. The van der Waals surface area contributed by atoms with Gasteiger partial charge < -0.3 is 25.2 Å². The summed E-state index contributed by atoms with van der Waals surface area (Å²) in [5, 5.41) is 38.1. The predicted octanol–water partition coefficient (Wildman–Crippen LogP) is 2.17. The summed E-state index contributed by atoms with van der Waals surface area (Å²) in [5.74, 6) is -0.778. The largest absolute Gasteiger partial charge is 0.504 e. The minimum Gasteiger partial charge on any atom is -0.504 e. The average molecular weight is 274 g/mol. The number of hydrogen-bond acceptors (Lipinski definition) is 5. The molecule has 0 spiro atoms. The van der Waals surface area contributed by atoms with Gasteiger partial charge in [0.25, 0.3) is 0 Å². The number of aromatic hydroxyl groups is 4. The van der Waals surface area contributed by atoms with Gasteiger partial charge in [-0.3, -0.25) is 0 Å². The summed E-state index contributed by atoms with van der Waals surface area (Å²) in [5.41, 5.74) is 2.31. The van der Waals surface area contributed by atoms with E-state index in [2.05, 4.69) is 0 Å². The molecule has 0 saturated heterocycles. The van der Waals surface area contributed by atoms with E-state index < -0.39 is 6.10 Å². The predicted molar refractivity (Wildman–Crippen MR) is 71.0 cm³/mol. The van der Waals surface area contributed by atoms with Gasteiger partial charge in [0, 0.05) is 0 Å². The summed E-state index contributed by atoms with van der Waals surface area (Å²) in [7, 11) is 0. The molecule has 0 bridgehead atoms. The average Bonchev–Trinajstić information content (AvgIpc) is 2.43. The number of rotatable bonds is 1. The molecule has 0 fully saturated rings. The van der Waals surface area contributed by atoms with Crippen LogP contribution in [-0.2, 0) is 11.2 Å².